The van der Waals surface area contributed by atoms with E-state index in [9.17, 15) is 14.4 Å². The Balaban J connectivity index is 1.50. The van der Waals surface area contributed by atoms with E-state index in [1.807, 2.05) is 48.5 Å². The van der Waals surface area contributed by atoms with Gasteiger partial charge in [-0.15, -0.1) is 0 Å². The Kier molecular flexibility index (Phi) is 3.81. The Hall–Kier alpha value is -2.51. The van der Waals surface area contributed by atoms with Gasteiger partial charge in [-0.05, 0) is 43.1 Å². The fraction of sp³-hybridized carbons (Fsp3) is 0.348. The molecule has 4 atom stereocenters. The normalized spacial score (nSPS) is 32.0. The van der Waals surface area contributed by atoms with Crippen LogP contribution in [0.15, 0.2) is 53.0 Å². The Bertz CT molecular complexity index is 1100. The summed E-state index contributed by atoms with van der Waals surface area (Å²) < 4.78 is 0.856. The average Bonchev–Trinajstić information content (AvgIpc) is 3.44. The van der Waals surface area contributed by atoms with Crippen LogP contribution in [0.1, 0.15) is 24.0 Å². The SMILES string of the molecule is O=C1[C@@H]2[C@@H]3CCCN3[C@]3(C(=O)Nc4ccc(Br)cc43)[C@H]2C(=O)N1Cc1ccccc1. The van der Waals surface area contributed by atoms with Gasteiger partial charge in [-0.2, -0.15) is 0 Å². The maximum atomic E-state index is 13.7. The number of benzene rings is 2. The summed E-state index contributed by atoms with van der Waals surface area (Å²) in [5, 5.41) is 3.00. The molecule has 4 heterocycles. The van der Waals surface area contributed by atoms with E-state index in [-0.39, 0.29) is 30.3 Å². The van der Waals surface area contributed by atoms with Crippen molar-refractivity contribution in [2.24, 2.45) is 11.8 Å². The van der Waals surface area contributed by atoms with Crippen molar-refractivity contribution in [1.82, 2.24) is 9.80 Å². The Morgan fingerprint density at radius 1 is 1.07 bits per heavy atom. The molecule has 0 aromatic heterocycles. The highest BCUT2D eigenvalue weighted by molar-refractivity contribution is 9.10. The van der Waals surface area contributed by atoms with E-state index >= 15 is 0 Å². The lowest BCUT2D eigenvalue weighted by molar-refractivity contribution is -0.146. The zero-order chi connectivity index (χ0) is 20.6. The molecule has 2 aromatic rings. The fourth-order valence-electron chi connectivity index (χ4n) is 6.16. The van der Waals surface area contributed by atoms with Gasteiger partial charge in [-0.25, -0.2) is 0 Å². The summed E-state index contributed by atoms with van der Waals surface area (Å²) in [6.07, 6.45) is 1.75. The van der Waals surface area contributed by atoms with Crippen LogP contribution in [0.5, 0.6) is 0 Å². The van der Waals surface area contributed by atoms with E-state index in [4.69, 9.17) is 0 Å². The number of carbonyl (C=O) groups excluding carboxylic acids is 3. The summed E-state index contributed by atoms with van der Waals surface area (Å²) in [5.41, 5.74) is 1.35. The minimum absolute atomic E-state index is 0.0806. The van der Waals surface area contributed by atoms with Gasteiger partial charge in [0.1, 0.15) is 5.54 Å². The van der Waals surface area contributed by atoms with Crippen LogP contribution in [-0.4, -0.2) is 40.1 Å². The van der Waals surface area contributed by atoms with Crippen LogP contribution < -0.4 is 5.32 Å². The van der Waals surface area contributed by atoms with Crippen molar-refractivity contribution >= 4 is 39.3 Å². The number of hydrogen-bond acceptors (Lipinski definition) is 4. The third-order valence-electron chi connectivity index (χ3n) is 7.23. The first-order valence-corrected chi connectivity index (χ1v) is 11.1. The first-order chi connectivity index (χ1) is 14.5. The molecule has 0 unspecified atom stereocenters. The van der Waals surface area contributed by atoms with Crippen LogP contribution in [0.4, 0.5) is 5.69 Å². The summed E-state index contributed by atoms with van der Waals surface area (Å²) in [6, 6.07) is 15.2. The van der Waals surface area contributed by atoms with Gasteiger partial charge in [0.15, 0.2) is 0 Å². The van der Waals surface area contributed by atoms with Crippen molar-refractivity contribution in [3.63, 3.8) is 0 Å². The minimum atomic E-state index is -1.11. The summed E-state index contributed by atoms with van der Waals surface area (Å²) >= 11 is 3.52. The lowest BCUT2D eigenvalue weighted by Gasteiger charge is -2.36. The van der Waals surface area contributed by atoms with Crippen molar-refractivity contribution in [1.29, 1.82) is 0 Å². The van der Waals surface area contributed by atoms with E-state index in [0.29, 0.717) is 0 Å². The molecule has 30 heavy (non-hydrogen) atoms. The molecule has 1 N–H and O–H groups in total. The van der Waals surface area contributed by atoms with Gasteiger partial charge in [0.2, 0.25) is 17.7 Å². The topological polar surface area (TPSA) is 69.7 Å². The second-order valence-electron chi connectivity index (χ2n) is 8.57. The first kappa shape index (κ1) is 18.3. The maximum Gasteiger partial charge on any atom is 0.250 e. The number of likely N-dealkylation sites (tertiary alicyclic amines) is 1. The second-order valence-corrected chi connectivity index (χ2v) is 9.48. The first-order valence-electron chi connectivity index (χ1n) is 10.3. The molecule has 0 bridgehead atoms. The number of carbonyl (C=O) groups is 3. The predicted octanol–water partition coefficient (Wildman–Crippen LogP) is 2.88. The molecule has 0 saturated carbocycles. The molecule has 6 nitrogen and oxygen atoms in total. The molecule has 1 spiro atoms. The van der Waals surface area contributed by atoms with Crippen LogP contribution in [-0.2, 0) is 26.5 Å². The smallest absolute Gasteiger partial charge is 0.250 e. The van der Waals surface area contributed by atoms with Gasteiger partial charge in [-0.1, -0.05) is 46.3 Å². The molecule has 0 radical (unpaired) electrons. The van der Waals surface area contributed by atoms with Crippen LogP contribution in [0.25, 0.3) is 0 Å². The molecular formula is C23H20BrN3O3. The van der Waals surface area contributed by atoms with Gasteiger partial charge in [0.05, 0.1) is 18.4 Å². The highest BCUT2D eigenvalue weighted by Crippen LogP contribution is 2.60. The predicted molar refractivity (Wildman–Crippen MR) is 113 cm³/mol. The average molecular weight is 466 g/mol. The number of hydrogen-bond donors (Lipinski definition) is 1. The lowest BCUT2D eigenvalue weighted by Crippen LogP contribution is -2.54. The fourth-order valence-corrected chi connectivity index (χ4v) is 6.52. The molecule has 4 aliphatic heterocycles. The molecular weight excluding hydrogens is 446 g/mol. The highest BCUT2D eigenvalue weighted by Gasteiger charge is 2.74. The van der Waals surface area contributed by atoms with Crippen LogP contribution >= 0.6 is 15.9 Å². The summed E-state index contributed by atoms with van der Waals surface area (Å²) in [6.45, 7) is 0.970. The monoisotopic (exact) mass is 465 g/mol. The number of rotatable bonds is 2. The molecule has 3 saturated heterocycles. The number of anilines is 1. The Morgan fingerprint density at radius 3 is 2.67 bits per heavy atom. The van der Waals surface area contributed by atoms with E-state index in [0.717, 1.165) is 40.7 Å². The Morgan fingerprint density at radius 2 is 1.87 bits per heavy atom. The Labute approximate surface area is 182 Å². The molecule has 6 rings (SSSR count). The number of imide groups is 1. The van der Waals surface area contributed by atoms with E-state index in [1.54, 1.807) is 0 Å². The van der Waals surface area contributed by atoms with Gasteiger partial charge in [0, 0.05) is 21.8 Å². The largest absolute Gasteiger partial charge is 0.324 e. The van der Waals surface area contributed by atoms with Gasteiger partial charge >= 0.3 is 0 Å². The number of amides is 3. The van der Waals surface area contributed by atoms with Crippen molar-refractivity contribution in [2.45, 2.75) is 31.0 Å². The lowest BCUT2D eigenvalue weighted by atomic mass is 9.75. The molecule has 2 aromatic carbocycles. The third-order valence-corrected chi connectivity index (χ3v) is 7.72. The number of nitrogens with zero attached hydrogens (tertiary/aromatic N) is 2. The molecule has 4 aliphatic rings. The zero-order valence-corrected chi connectivity index (χ0v) is 17.8. The van der Waals surface area contributed by atoms with Crippen molar-refractivity contribution in [2.75, 3.05) is 11.9 Å². The molecule has 152 valence electrons. The zero-order valence-electron chi connectivity index (χ0n) is 16.2. The number of fused-ring (bicyclic) bond motifs is 7. The van der Waals surface area contributed by atoms with Crippen LogP contribution in [0.2, 0.25) is 0 Å². The summed E-state index contributed by atoms with van der Waals surface area (Å²) in [4.78, 5) is 44.3. The van der Waals surface area contributed by atoms with Crippen molar-refractivity contribution in [3.8, 4) is 0 Å². The maximum absolute atomic E-state index is 13.7. The molecule has 3 fully saturated rings. The number of nitrogens with one attached hydrogen (secondary N) is 1. The quantitative estimate of drug-likeness (QED) is 0.692. The van der Waals surface area contributed by atoms with Crippen LogP contribution in [0.3, 0.4) is 0 Å². The van der Waals surface area contributed by atoms with Crippen LogP contribution in [0, 0.1) is 11.8 Å². The van der Waals surface area contributed by atoms with Crippen molar-refractivity contribution in [3.05, 3.63) is 64.1 Å². The molecule has 0 aliphatic carbocycles. The summed E-state index contributed by atoms with van der Waals surface area (Å²) in [7, 11) is 0. The van der Waals surface area contributed by atoms with E-state index < -0.39 is 17.4 Å². The molecule has 7 heteroatoms. The van der Waals surface area contributed by atoms with Gasteiger partial charge in [0.25, 0.3) is 0 Å². The third kappa shape index (κ3) is 2.14. The minimum Gasteiger partial charge on any atom is -0.324 e. The van der Waals surface area contributed by atoms with Gasteiger partial charge < -0.3 is 5.32 Å². The van der Waals surface area contributed by atoms with E-state index in [1.165, 1.54) is 4.90 Å². The van der Waals surface area contributed by atoms with Gasteiger partial charge in [-0.3, -0.25) is 24.2 Å². The highest BCUT2D eigenvalue weighted by atomic mass is 79.9. The summed E-state index contributed by atoms with van der Waals surface area (Å²) in [5.74, 6) is -1.71. The van der Waals surface area contributed by atoms with E-state index in [2.05, 4.69) is 26.1 Å². The number of halogens is 1. The standard InChI is InChI=1S/C23H20BrN3O3/c24-14-8-9-16-15(11-14)23(22(30)25-16)19-18(17-7-4-10-27(17)23)20(28)26(21(19)29)12-13-5-2-1-3-6-13/h1-3,5-6,8-9,11,17-19H,4,7,10,12H2,(H,25,30)/t17-,18+,19+,23-/m0/s1. The second kappa shape index (κ2) is 6.25. The van der Waals surface area contributed by atoms with Crippen molar-refractivity contribution < 1.29 is 14.4 Å². The molecule has 3 amide bonds.